The Morgan fingerprint density at radius 2 is 2.06 bits per heavy atom. The topological polar surface area (TPSA) is 33.2 Å². The molecule has 3 nitrogen and oxygen atoms in total. The van der Waals surface area contributed by atoms with E-state index in [4.69, 9.17) is 0 Å². The zero-order valence-electron chi connectivity index (χ0n) is 10.6. The van der Waals surface area contributed by atoms with Crippen LogP contribution in [0.15, 0.2) is 18.5 Å². The molecule has 1 fully saturated rings. The molecule has 0 atom stereocenters. The van der Waals surface area contributed by atoms with Gasteiger partial charge in [-0.25, -0.2) is 0 Å². The number of Topliss-reactive ketones (excluding diaryl/α,β-unsaturated/α-hetero) is 1. The van der Waals surface area contributed by atoms with E-state index >= 15 is 0 Å². The van der Waals surface area contributed by atoms with Crippen molar-refractivity contribution in [2.24, 2.45) is 5.92 Å². The van der Waals surface area contributed by atoms with Gasteiger partial charge in [0.25, 0.3) is 0 Å². The lowest BCUT2D eigenvalue weighted by Gasteiger charge is -2.14. The Hall–Kier alpha value is -1.22. The predicted molar refractivity (Wildman–Crippen MR) is 67.9 cm³/mol. The summed E-state index contributed by atoms with van der Waals surface area (Å²) >= 11 is 0. The van der Waals surface area contributed by atoms with E-state index in [1.165, 1.54) is 25.9 Å². The summed E-state index contributed by atoms with van der Waals surface area (Å²) in [6, 6.07) is 1.99. The Morgan fingerprint density at radius 3 is 2.71 bits per heavy atom. The molecule has 1 aliphatic heterocycles. The van der Waals surface area contributed by atoms with Gasteiger partial charge < -0.3 is 0 Å². The number of rotatable bonds is 4. The van der Waals surface area contributed by atoms with Crippen molar-refractivity contribution in [3.05, 3.63) is 29.6 Å². The third kappa shape index (κ3) is 3.13. The molecule has 0 aliphatic carbocycles. The lowest BCUT2D eigenvalue weighted by atomic mass is 10.0. The predicted octanol–water partition coefficient (Wildman–Crippen LogP) is 2.52. The first-order chi connectivity index (χ1) is 8.16. The fourth-order valence-corrected chi connectivity index (χ4v) is 2.24. The van der Waals surface area contributed by atoms with Gasteiger partial charge in [0.15, 0.2) is 5.78 Å². The Kier molecular flexibility index (Phi) is 3.89. The molecule has 1 aromatic heterocycles. The van der Waals surface area contributed by atoms with E-state index in [-0.39, 0.29) is 11.7 Å². The van der Waals surface area contributed by atoms with Crippen LogP contribution >= 0.6 is 0 Å². The molecule has 1 saturated heterocycles. The highest BCUT2D eigenvalue weighted by Crippen LogP contribution is 2.14. The zero-order valence-corrected chi connectivity index (χ0v) is 10.6. The molecule has 2 heterocycles. The van der Waals surface area contributed by atoms with Crippen molar-refractivity contribution in [1.82, 2.24) is 9.88 Å². The van der Waals surface area contributed by atoms with Crippen LogP contribution in [0.5, 0.6) is 0 Å². The largest absolute Gasteiger partial charge is 0.299 e. The van der Waals surface area contributed by atoms with Crippen LogP contribution < -0.4 is 0 Å². The molecule has 0 spiro atoms. The molecule has 1 aliphatic rings. The van der Waals surface area contributed by atoms with Crippen LogP contribution in [0.3, 0.4) is 0 Å². The molecule has 0 unspecified atom stereocenters. The molecule has 2 rings (SSSR count). The standard InChI is InChI=1S/C14H20N2O/c1-11(2)14(17)13-7-12(8-15-9-13)10-16-5-3-4-6-16/h7-9,11H,3-6,10H2,1-2H3. The second kappa shape index (κ2) is 5.41. The number of aromatic nitrogens is 1. The fraction of sp³-hybridized carbons (Fsp3) is 0.571. The van der Waals surface area contributed by atoms with Crippen LogP contribution in [-0.4, -0.2) is 28.8 Å². The summed E-state index contributed by atoms with van der Waals surface area (Å²) in [6.45, 7) is 7.11. The summed E-state index contributed by atoms with van der Waals surface area (Å²) in [5.41, 5.74) is 1.90. The van der Waals surface area contributed by atoms with Gasteiger partial charge in [-0.3, -0.25) is 14.7 Å². The lowest BCUT2D eigenvalue weighted by Crippen LogP contribution is -2.19. The van der Waals surface area contributed by atoms with E-state index in [0.717, 1.165) is 17.7 Å². The highest BCUT2D eigenvalue weighted by Gasteiger charge is 2.14. The molecular formula is C14H20N2O. The fourth-order valence-electron chi connectivity index (χ4n) is 2.24. The number of likely N-dealkylation sites (tertiary alicyclic amines) is 1. The molecule has 0 amide bonds. The smallest absolute Gasteiger partial charge is 0.166 e. The second-order valence-electron chi connectivity index (χ2n) is 5.08. The van der Waals surface area contributed by atoms with Gasteiger partial charge in [-0.1, -0.05) is 13.8 Å². The minimum absolute atomic E-state index is 0.0406. The van der Waals surface area contributed by atoms with Crippen LogP contribution in [0.2, 0.25) is 0 Å². The minimum Gasteiger partial charge on any atom is -0.299 e. The quantitative estimate of drug-likeness (QED) is 0.748. The highest BCUT2D eigenvalue weighted by molar-refractivity contribution is 5.97. The second-order valence-corrected chi connectivity index (χ2v) is 5.08. The SMILES string of the molecule is CC(C)C(=O)c1cncc(CN2CCCC2)c1. The Labute approximate surface area is 103 Å². The van der Waals surface area contributed by atoms with E-state index in [1.807, 2.05) is 26.1 Å². The van der Waals surface area contributed by atoms with Gasteiger partial charge in [-0.05, 0) is 37.6 Å². The average molecular weight is 232 g/mol. The molecule has 0 saturated carbocycles. The van der Waals surface area contributed by atoms with Gasteiger partial charge in [0.1, 0.15) is 0 Å². The number of pyridine rings is 1. The van der Waals surface area contributed by atoms with Gasteiger partial charge in [-0.15, -0.1) is 0 Å². The number of hydrogen-bond acceptors (Lipinski definition) is 3. The summed E-state index contributed by atoms with van der Waals surface area (Å²) in [7, 11) is 0. The number of carbonyl (C=O) groups is 1. The summed E-state index contributed by atoms with van der Waals surface area (Å²) < 4.78 is 0. The molecule has 0 radical (unpaired) electrons. The number of hydrogen-bond donors (Lipinski definition) is 0. The van der Waals surface area contributed by atoms with Gasteiger partial charge in [0, 0.05) is 30.4 Å². The van der Waals surface area contributed by atoms with E-state index in [2.05, 4.69) is 9.88 Å². The van der Waals surface area contributed by atoms with Crippen molar-refractivity contribution in [1.29, 1.82) is 0 Å². The van der Waals surface area contributed by atoms with Gasteiger partial charge in [0.05, 0.1) is 0 Å². The molecule has 17 heavy (non-hydrogen) atoms. The van der Waals surface area contributed by atoms with E-state index in [1.54, 1.807) is 6.20 Å². The maximum atomic E-state index is 11.9. The van der Waals surface area contributed by atoms with Crippen molar-refractivity contribution in [2.75, 3.05) is 13.1 Å². The van der Waals surface area contributed by atoms with Crippen LogP contribution in [-0.2, 0) is 6.54 Å². The van der Waals surface area contributed by atoms with Crippen molar-refractivity contribution in [2.45, 2.75) is 33.2 Å². The van der Waals surface area contributed by atoms with Gasteiger partial charge >= 0.3 is 0 Å². The van der Waals surface area contributed by atoms with Crippen LogP contribution in [0, 0.1) is 5.92 Å². The Bertz CT molecular complexity index is 395. The first-order valence-electron chi connectivity index (χ1n) is 6.37. The molecule has 0 bridgehead atoms. The zero-order chi connectivity index (χ0) is 12.3. The monoisotopic (exact) mass is 232 g/mol. The Morgan fingerprint density at radius 1 is 1.35 bits per heavy atom. The first-order valence-corrected chi connectivity index (χ1v) is 6.37. The maximum Gasteiger partial charge on any atom is 0.166 e. The molecule has 92 valence electrons. The van der Waals surface area contributed by atoms with Crippen molar-refractivity contribution in [3.8, 4) is 0 Å². The van der Waals surface area contributed by atoms with Gasteiger partial charge in [-0.2, -0.15) is 0 Å². The van der Waals surface area contributed by atoms with Crippen LogP contribution in [0.25, 0.3) is 0 Å². The van der Waals surface area contributed by atoms with Crippen molar-refractivity contribution in [3.63, 3.8) is 0 Å². The van der Waals surface area contributed by atoms with E-state index in [9.17, 15) is 4.79 Å². The first kappa shape index (κ1) is 12.2. The molecule has 1 aromatic rings. The molecular weight excluding hydrogens is 212 g/mol. The summed E-state index contributed by atoms with van der Waals surface area (Å²) in [5.74, 6) is 0.222. The Balaban J connectivity index is 2.08. The maximum absolute atomic E-state index is 11.9. The molecule has 0 N–H and O–H groups in total. The third-order valence-corrected chi connectivity index (χ3v) is 3.21. The number of ketones is 1. The summed E-state index contributed by atoms with van der Waals surface area (Å²) in [4.78, 5) is 18.5. The molecule has 0 aromatic carbocycles. The van der Waals surface area contributed by atoms with Crippen molar-refractivity contribution >= 4 is 5.78 Å². The number of nitrogens with zero attached hydrogens (tertiary/aromatic N) is 2. The summed E-state index contributed by atoms with van der Waals surface area (Å²) in [6.07, 6.45) is 6.13. The van der Waals surface area contributed by atoms with E-state index < -0.39 is 0 Å². The van der Waals surface area contributed by atoms with Gasteiger partial charge in [0.2, 0.25) is 0 Å². The van der Waals surface area contributed by atoms with Crippen LogP contribution in [0.4, 0.5) is 0 Å². The minimum atomic E-state index is 0.0406. The normalized spacial score (nSPS) is 16.6. The average Bonchev–Trinajstić information content (AvgIpc) is 2.81. The third-order valence-electron chi connectivity index (χ3n) is 3.21. The lowest BCUT2D eigenvalue weighted by molar-refractivity contribution is 0.0939. The highest BCUT2D eigenvalue weighted by atomic mass is 16.1. The number of carbonyl (C=O) groups excluding carboxylic acids is 1. The van der Waals surface area contributed by atoms with E-state index in [0.29, 0.717) is 0 Å². The van der Waals surface area contributed by atoms with Crippen molar-refractivity contribution < 1.29 is 4.79 Å². The summed E-state index contributed by atoms with van der Waals surface area (Å²) in [5, 5.41) is 0. The molecule has 3 heteroatoms. The van der Waals surface area contributed by atoms with Crippen LogP contribution in [0.1, 0.15) is 42.6 Å².